The molecule has 3 heterocycles. The third kappa shape index (κ3) is 5.38. The largest absolute Gasteiger partial charge is 0.491 e. The molecule has 1 saturated heterocycles. The van der Waals surface area contributed by atoms with Gasteiger partial charge >= 0.3 is 0 Å². The van der Waals surface area contributed by atoms with E-state index in [2.05, 4.69) is 15.0 Å². The number of piperidine rings is 1. The Morgan fingerprint density at radius 2 is 1.91 bits per heavy atom. The number of para-hydroxylation sites is 1. The molecule has 0 radical (unpaired) electrons. The molecule has 3 aromatic rings. The van der Waals surface area contributed by atoms with E-state index in [1.165, 1.54) is 12.1 Å². The number of nitrogens with zero attached hydrogens (tertiary/aromatic N) is 3. The summed E-state index contributed by atoms with van der Waals surface area (Å²) in [7, 11) is 0. The number of carbonyl (C=O) groups excluding carboxylic acids is 1. The van der Waals surface area contributed by atoms with Crippen LogP contribution in [0.15, 0.2) is 59.5 Å². The van der Waals surface area contributed by atoms with Crippen molar-refractivity contribution < 1.29 is 13.9 Å². The molecule has 166 valence electrons. The van der Waals surface area contributed by atoms with Gasteiger partial charge in [-0.05, 0) is 43.5 Å². The van der Waals surface area contributed by atoms with Gasteiger partial charge in [-0.25, -0.2) is 9.37 Å². The molecule has 0 saturated carbocycles. The maximum Gasteiger partial charge on any atom is 0.251 e. The highest BCUT2D eigenvalue weighted by Crippen LogP contribution is 2.26. The zero-order chi connectivity index (χ0) is 22.3. The van der Waals surface area contributed by atoms with Gasteiger partial charge in [0.05, 0.1) is 18.0 Å². The number of halogens is 1. The lowest BCUT2D eigenvalue weighted by molar-refractivity contribution is -0.132. The van der Waals surface area contributed by atoms with Crippen molar-refractivity contribution in [2.45, 2.75) is 31.6 Å². The summed E-state index contributed by atoms with van der Waals surface area (Å²) in [6.07, 6.45) is 4.00. The highest BCUT2D eigenvalue weighted by Gasteiger charge is 2.25. The first-order valence-electron chi connectivity index (χ1n) is 10.8. The van der Waals surface area contributed by atoms with Crippen molar-refractivity contribution in [1.82, 2.24) is 19.9 Å². The van der Waals surface area contributed by atoms with Crippen LogP contribution in [-0.4, -0.2) is 45.5 Å². The van der Waals surface area contributed by atoms with Gasteiger partial charge in [0, 0.05) is 37.7 Å². The Hall–Kier alpha value is -3.55. The van der Waals surface area contributed by atoms with Crippen LogP contribution in [-0.2, 0) is 4.79 Å². The first-order chi connectivity index (χ1) is 15.6. The fraction of sp³-hybridized carbons (Fsp3) is 0.333. The summed E-state index contributed by atoms with van der Waals surface area (Å²) in [5.41, 5.74) is 1.01. The average Bonchev–Trinajstić information content (AvgIpc) is 2.83. The van der Waals surface area contributed by atoms with E-state index in [0.29, 0.717) is 43.1 Å². The molecule has 8 heteroatoms. The molecule has 0 atom stereocenters. The molecule has 2 aromatic heterocycles. The maximum absolute atomic E-state index is 13.6. The second-order valence-corrected chi connectivity index (χ2v) is 7.77. The number of hydrogen-bond donors (Lipinski definition) is 1. The topological polar surface area (TPSA) is 88.2 Å². The number of amides is 1. The van der Waals surface area contributed by atoms with Crippen molar-refractivity contribution in [2.24, 2.45) is 0 Å². The quantitative estimate of drug-likeness (QED) is 0.573. The van der Waals surface area contributed by atoms with Gasteiger partial charge in [-0.1, -0.05) is 18.2 Å². The Kier molecular flexibility index (Phi) is 6.89. The Morgan fingerprint density at radius 1 is 1.12 bits per heavy atom. The Bertz CT molecular complexity index is 1110. The van der Waals surface area contributed by atoms with Gasteiger partial charge in [-0.2, -0.15) is 0 Å². The van der Waals surface area contributed by atoms with Crippen LogP contribution in [0.2, 0.25) is 0 Å². The fourth-order valence-corrected chi connectivity index (χ4v) is 3.84. The van der Waals surface area contributed by atoms with E-state index in [0.717, 1.165) is 12.8 Å². The van der Waals surface area contributed by atoms with E-state index >= 15 is 0 Å². The molecule has 32 heavy (non-hydrogen) atoms. The van der Waals surface area contributed by atoms with Crippen LogP contribution in [0.5, 0.6) is 5.75 Å². The van der Waals surface area contributed by atoms with E-state index in [9.17, 15) is 14.0 Å². The molecular formula is C24H25FN4O3. The minimum Gasteiger partial charge on any atom is -0.491 e. The summed E-state index contributed by atoms with van der Waals surface area (Å²) in [6, 6.07) is 13.2. The molecule has 1 aromatic carbocycles. The lowest BCUT2D eigenvalue weighted by Crippen LogP contribution is -2.38. The van der Waals surface area contributed by atoms with E-state index < -0.39 is 5.82 Å². The number of rotatable bonds is 7. The molecule has 0 bridgehead atoms. The molecule has 0 aliphatic carbocycles. The molecule has 0 spiro atoms. The van der Waals surface area contributed by atoms with E-state index in [1.54, 1.807) is 24.4 Å². The maximum atomic E-state index is 13.6. The van der Waals surface area contributed by atoms with Crippen LogP contribution >= 0.6 is 0 Å². The predicted molar refractivity (Wildman–Crippen MR) is 118 cm³/mol. The van der Waals surface area contributed by atoms with Gasteiger partial charge < -0.3 is 14.6 Å². The standard InChI is InChI=1S/C24H25FN4O3/c25-18-6-1-2-8-21(18)32-15-5-9-23(31)29-13-10-17(11-14-29)24-27-20(16-22(30)28-24)19-7-3-4-12-26-19/h1-4,6-8,12,16-17H,5,9-11,13-15H2,(H,27,28,30). The van der Waals surface area contributed by atoms with Crippen molar-refractivity contribution in [3.8, 4) is 17.1 Å². The summed E-state index contributed by atoms with van der Waals surface area (Å²) in [6.45, 7) is 1.50. The highest BCUT2D eigenvalue weighted by molar-refractivity contribution is 5.76. The van der Waals surface area contributed by atoms with Crippen molar-refractivity contribution in [3.63, 3.8) is 0 Å². The van der Waals surface area contributed by atoms with Gasteiger partial charge in [-0.15, -0.1) is 0 Å². The smallest absolute Gasteiger partial charge is 0.251 e. The predicted octanol–water partition coefficient (Wildman–Crippen LogP) is 3.54. The minimum absolute atomic E-state index is 0.0595. The summed E-state index contributed by atoms with van der Waals surface area (Å²) in [5, 5.41) is 0. The van der Waals surface area contributed by atoms with E-state index in [-0.39, 0.29) is 29.7 Å². The summed E-state index contributed by atoms with van der Waals surface area (Å²) in [5.74, 6) is 0.586. The number of ether oxygens (including phenoxy) is 1. The molecule has 1 fully saturated rings. The van der Waals surface area contributed by atoms with Gasteiger partial charge in [-0.3, -0.25) is 14.6 Å². The molecule has 1 aliphatic heterocycles. The summed E-state index contributed by atoms with van der Waals surface area (Å²) in [4.78, 5) is 38.3. The molecule has 1 amide bonds. The van der Waals surface area contributed by atoms with Crippen LogP contribution in [0.1, 0.15) is 37.4 Å². The molecule has 1 aliphatic rings. The normalized spacial score (nSPS) is 14.3. The van der Waals surface area contributed by atoms with Crippen LogP contribution in [0.4, 0.5) is 4.39 Å². The van der Waals surface area contributed by atoms with Crippen molar-refractivity contribution in [2.75, 3.05) is 19.7 Å². The molecule has 7 nitrogen and oxygen atoms in total. The third-order valence-corrected chi connectivity index (χ3v) is 5.55. The zero-order valence-electron chi connectivity index (χ0n) is 17.7. The van der Waals surface area contributed by atoms with Gasteiger partial charge in [0.15, 0.2) is 11.6 Å². The average molecular weight is 436 g/mol. The lowest BCUT2D eigenvalue weighted by Gasteiger charge is -2.31. The minimum atomic E-state index is -0.403. The van der Waals surface area contributed by atoms with E-state index in [1.807, 2.05) is 23.1 Å². The van der Waals surface area contributed by atoms with Gasteiger partial charge in [0.25, 0.3) is 5.56 Å². The van der Waals surface area contributed by atoms with Crippen molar-refractivity contribution in [3.05, 3.63) is 76.7 Å². The fourth-order valence-electron chi connectivity index (χ4n) is 3.84. The number of aromatic nitrogens is 3. The third-order valence-electron chi connectivity index (χ3n) is 5.55. The number of benzene rings is 1. The number of hydrogen-bond acceptors (Lipinski definition) is 5. The van der Waals surface area contributed by atoms with Crippen LogP contribution in [0.25, 0.3) is 11.4 Å². The van der Waals surface area contributed by atoms with Crippen molar-refractivity contribution in [1.29, 1.82) is 0 Å². The molecular weight excluding hydrogens is 411 g/mol. The number of pyridine rings is 1. The first kappa shape index (κ1) is 21.7. The second-order valence-electron chi connectivity index (χ2n) is 7.77. The van der Waals surface area contributed by atoms with Gasteiger partial charge in [0.2, 0.25) is 5.91 Å². The number of H-pyrrole nitrogens is 1. The van der Waals surface area contributed by atoms with Crippen LogP contribution in [0, 0.1) is 5.82 Å². The number of carbonyl (C=O) groups is 1. The number of aromatic amines is 1. The molecule has 0 unspecified atom stereocenters. The van der Waals surface area contributed by atoms with E-state index in [4.69, 9.17) is 4.74 Å². The SMILES string of the molecule is O=C(CCCOc1ccccc1F)N1CCC(c2nc(-c3ccccn3)cc(=O)[nH]2)CC1. The Labute approximate surface area is 185 Å². The molecule has 1 N–H and O–H groups in total. The lowest BCUT2D eigenvalue weighted by atomic mass is 9.95. The first-order valence-corrected chi connectivity index (χ1v) is 10.8. The highest BCUT2D eigenvalue weighted by atomic mass is 19.1. The second kappa shape index (κ2) is 10.2. The molecule has 4 rings (SSSR count). The number of likely N-dealkylation sites (tertiary alicyclic amines) is 1. The van der Waals surface area contributed by atoms with Crippen molar-refractivity contribution >= 4 is 5.91 Å². The summed E-state index contributed by atoms with van der Waals surface area (Å²) >= 11 is 0. The zero-order valence-corrected chi connectivity index (χ0v) is 17.7. The van der Waals surface area contributed by atoms with Crippen LogP contribution in [0.3, 0.4) is 0 Å². The van der Waals surface area contributed by atoms with Crippen LogP contribution < -0.4 is 10.3 Å². The van der Waals surface area contributed by atoms with Gasteiger partial charge in [0.1, 0.15) is 5.82 Å². The Morgan fingerprint density at radius 3 is 2.66 bits per heavy atom. The Balaban J connectivity index is 1.28. The number of nitrogens with one attached hydrogen (secondary N) is 1. The summed E-state index contributed by atoms with van der Waals surface area (Å²) < 4.78 is 19.0. The monoisotopic (exact) mass is 436 g/mol.